The van der Waals surface area contributed by atoms with E-state index in [1.807, 2.05) is 4.90 Å². The van der Waals surface area contributed by atoms with Crippen molar-refractivity contribution in [2.24, 2.45) is 0 Å². The number of nitrogens with zero attached hydrogens (tertiary/aromatic N) is 3. The normalized spacial score (nSPS) is 20.4. The number of piperazine rings is 1. The van der Waals surface area contributed by atoms with Gasteiger partial charge < -0.3 is 19.7 Å². The quantitative estimate of drug-likeness (QED) is 0.529. The molecule has 2 heterocycles. The smallest absolute Gasteiger partial charge is 0.236 e. The molecule has 7 nitrogen and oxygen atoms in total. The zero-order valence-electron chi connectivity index (χ0n) is 19.1. The molecule has 4 rings (SSSR count). The van der Waals surface area contributed by atoms with Crippen LogP contribution in [0.15, 0.2) is 30.5 Å². The number of aromatic nitrogens is 1. The Bertz CT molecular complexity index is 1000. The highest BCUT2D eigenvalue weighted by molar-refractivity contribution is 5.78. The number of amides is 1. The van der Waals surface area contributed by atoms with E-state index in [9.17, 15) is 18.0 Å². The molecular formula is C24H29F3N4O3. The summed E-state index contributed by atoms with van der Waals surface area (Å²) < 4.78 is 52.5. The number of rotatable bonds is 10. The standard InChI is InChI=1S/C24H29F3N4O3/c1-33-9-8-30-4-6-31(7-5-30)23(32)14-29-21-13-18(21)19-11-17(25)12-20(26)24(19)34-15-16-2-3-28-22(27)10-16/h2-3,10-12,18,21,29H,4-9,13-15H2,1H3. The summed E-state index contributed by atoms with van der Waals surface area (Å²) in [6.45, 7) is 4.58. The van der Waals surface area contributed by atoms with Crippen molar-refractivity contribution in [3.8, 4) is 5.75 Å². The summed E-state index contributed by atoms with van der Waals surface area (Å²) in [7, 11) is 1.67. The first-order valence-corrected chi connectivity index (χ1v) is 11.4. The molecule has 2 aliphatic rings. The maximum atomic E-state index is 14.5. The fourth-order valence-corrected chi connectivity index (χ4v) is 4.23. The molecule has 0 radical (unpaired) electrons. The Hall–Kier alpha value is -2.69. The Morgan fingerprint density at radius 1 is 1.18 bits per heavy atom. The molecule has 184 valence electrons. The lowest BCUT2D eigenvalue weighted by Gasteiger charge is -2.34. The molecule has 2 atom stereocenters. The van der Waals surface area contributed by atoms with Gasteiger partial charge in [-0.15, -0.1) is 0 Å². The maximum Gasteiger partial charge on any atom is 0.236 e. The number of methoxy groups -OCH3 is 1. The van der Waals surface area contributed by atoms with E-state index in [0.29, 0.717) is 37.2 Å². The third-order valence-electron chi connectivity index (χ3n) is 6.25. The molecular weight excluding hydrogens is 449 g/mol. The third-order valence-corrected chi connectivity index (χ3v) is 6.25. The summed E-state index contributed by atoms with van der Waals surface area (Å²) in [6.07, 6.45) is 1.94. The molecule has 1 aromatic heterocycles. The molecule has 2 fully saturated rings. The Morgan fingerprint density at radius 3 is 2.71 bits per heavy atom. The molecule has 34 heavy (non-hydrogen) atoms. The summed E-state index contributed by atoms with van der Waals surface area (Å²) in [5, 5.41) is 3.21. The molecule has 2 aromatic rings. The van der Waals surface area contributed by atoms with Crippen LogP contribution in [0.25, 0.3) is 0 Å². The number of hydrogen-bond acceptors (Lipinski definition) is 6. The predicted octanol–water partition coefficient (Wildman–Crippen LogP) is 2.31. The maximum absolute atomic E-state index is 14.5. The average molecular weight is 479 g/mol. The van der Waals surface area contributed by atoms with Gasteiger partial charge in [0.05, 0.1) is 13.2 Å². The molecule has 1 saturated carbocycles. The van der Waals surface area contributed by atoms with Crippen molar-refractivity contribution < 1.29 is 27.4 Å². The molecule has 1 aliphatic heterocycles. The van der Waals surface area contributed by atoms with Gasteiger partial charge >= 0.3 is 0 Å². The Kier molecular flexibility index (Phi) is 8.02. The van der Waals surface area contributed by atoms with E-state index in [2.05, 4.69) is 15.2 Å². The highest BCUT2D eigenvalue weighted by atomic mass is 19.1. The Labute approximate surface area is 196 Å². The lowest BCUT2D eigenvalue weighted by atomic mass is 10.1. The van der Waals surface area contributed by atoms with Crippen LogP contribution in [0.2, 0.25) is 0 Å². The second-order valence-electron chi connectivity index (χ2n) is 8.63. The van der Waals surface area contributed by atoms with E-state index >= 15 is 0 Å². The fourth-order valence-electron chi connectivity index (χ4n) is 4.23. The molecule has 0 bridgehead atoms. The average Bonchev–Trinajstić information content (AvgIpc) is 3.60. The van der Waals surface area contributed by atoms with Gasteiger partial charge in [0, 0.05) is 69.6 Å². The van der Waals surface area contributed by atoms with Gasteiger partial charge in [0.1, 0.15) is 12.4 Å². The number of pyridine rings is 1. The minimum Gasteiger partial charge on any atom is -0.486 e. The largest absolute Gasteiger partial charge is 0.486 e. The van der Waals surface area contributed by atoms with Gasteiger partial charge in [0.15, 0.2) is 11.6 Å². The van der Waals surface area contributed by atoms with Crippen LogP contribution in [0.4, 0.5) is 13.2 Å². The molecule has 1 N–H and O–H groups in total. The van der Waals surface area contributed by atoms with E-state index < -0.39 is 17.6 Å². The van der Waals surface area contributed by atoms with Crippen molar-refractivity contribution in [1.82, 2.24) is 20.1 Å². The Morgan fingerprint density at radius 2 is 1.97 bits per heavy atom. The number of carbonyl (C=O) groups is 1. The zero-order chi connectivity index (χ0) is 24.1. The number of halogens is 3. The van der Waals surface area contributed by atoms with E-state index in [4.69, 9.17) is 9.47 Å². The number of ether oxygens (including phenoxy) is 2. The summed E-state index contributed by atoms with van der Waals surface area (Å²) in [5.74, 6) is -2.37. The van der Waals surface area contributed by atoms with E-state index in [0.717, 1.165) is 25.7 Å². The van der Waals surface area contributed by atoms with Crippen LogP contribution in [0.1, 0.15) is 23.5 Å². The van der Waals surface area contributed by atoms with Gasteiger partial charge in [-0.25, -0.2) is 13.8 Å². The lowest BCUT2D eigenvalue weighted by Crippen LogP contribution is -2.51. The second kappa shape index (κ2) is 11.2. The highest BCUT2D eigenvalue weighted by Gasteiger charge is 2.41. The van der Waals surface area contributed by atoms with Crippen molar-refractivity contribution in [3.63, 3.8) is 0 Å². The van der Waals surface area contributed by atoms with Crippen LogP contribution in [0, 0.1) is 17.6 Å². The molecule has 10 heteroatoms. The van der Waals surface area contributed by atoms with Crippen LogP contribution in [-0.2, 0) is 16.1 Å². The van der Waals surface area contributed by atoms with Gasteiger partial charge in [-0.05, 0) is 30.2 Å². The lowest BCUT2D eigenvalue weighted by molar-refractivity contribution is -0.132. The molecule has 1 saturated heterocycles. The van der Waals surface area contributed by atoms with Gasteiger partial charge in [-0.1, -0.05) is 0 Å². The van der Waals surface area contributed by atoms with Crippen molar-refractivity contribution in [3.05, 3.63) is 59.2 Å². The fraction of sp³-hybridized carbons (Fsp3) is 0.500. The van der Waals surface area contributed by atoms with Crippen LogP contribution < -0.4 is 10.1 Å². The van der Waals surface area contributed by atoms with E-state index in [-0.39, 0.29) is 36.8 Å². The molecule has 0 spiro atoms. The minimum absolute atomic E-state index is 0.0126. The van der Waals surface area contributed by atoms with Crippen molar-refractivity contribution in [1.29, 1.82) is 0 Å². The first kappa shape index (κ1) is 24.4. The van der Waals surface area contributed by atoms with Gasteiger partial charge in [0.25, 0.3) is 0 Å². The number of hydrogen-bond donors (Lipinski definition) is 1. The number of nitrogens with one attached hydrogen (secondary N) is 1. The first-order valence-electron chi connectivity index (χ1n) is 11.4. The van der Waals surface area contributed by atoms with Gasteiger partial charge in [-0.3, -0.25) is 9.69 Å². The van der Waals surface area contributed by atoms with Crippen molar-refractivity contribution in [2.45, 2.75) is 25.0 Å². The molecule has 1 aromatic carbocycles. The minimum atomic E-state index is -0.808. The van der Waals surface area contributed by atoms with Gasteiger partial charge in [-0.2, -0.15) is 4.39 Å². The third kappa shape index (κ3) is 6.25. The summed E-state index contributed by atoms with van der Waals surface area (Å²) >= 11 is 0. The number of benzene rings is 1. The Balaban J connectivity index is 1.30. The summed E-state index contributed by atoms with van der Waals surface area (Å²) in [5.41, 5.74) is 0.893. The number of carbonyl (C=O) groups excluding carboxylic acids is 1. The predicted molar refractivity (Wildman–Crippen MR) is 119 cm³/mol. The first-order chi connectivity index (χ1) is 16.4. The van der Waals surface area contributed by atoms with E-state index in [1.165, 1.54) is 18.3 Å². The van der Waals surface area contributed by atoms with E-state index in [1.54, 1.807) is 13.2 Å². The topological polar surface area (TPSA) is 66.9 Å². The monoisotopic (exact) mass is 478 g/mol. The van der Waals surface area contributed by atoms with Crippen LogP contribution in [-0.4, -0.2) is 79.7 Å². The molecule has 1 aliphatic carbocycles. The SMILES string of the molecule is COCCN1CCN(C(=O)CNC2CC2c2cc(F)cc(F)c2OCc2ccnc(F)c2)CC1. The molecule has 2 unspecified atom stereocenters. The highest BCUT2D eigenvalue weighted by Crippen LogP contribution is 2.46. The van der Waals surface area contributed by atoms with Crippen LogP contribution in [0.5, 0.6) is 5.75 Å². The summed E-state index contributed by atoms with van der Waals surface area (Å²) in [4.78, 5) is 20.2. The van der Waals surface area contributed by atoms with Crippen LogP contribution in [0.3, 0.4) is 0 Å². The zero-order valence-corrected chi connectivity index (χ0v) is 19.1. The van der Waals surface area contributed by atoms with Crippen molar-refractivity contribution >= 4 is 5.91 Å². The second-order valence-corrected chi connectivity index (χ2v) is 8.63. The van der Waals surface area contributed by atoms with Crippen LogP contribution >= 0.6 is 0 Å². The molecule has 1 amide bonds. The van der Waals surface area contributed by atoms with Crippen molar-refractivity contribution in [2.75, 3.05) is 53.0 Å². The van der Waals surface area contributed by atoms with Gasteiger partial charge in [0.2, 0.25) is 11.9 Å². The summed E-state index contributed by atoms with van der Waals surface area (Å²) in [6, 6.07) is 4.72.